The number of nitrogens with zero attached hydrogens (tertiary/aromatic N) is 4. The van der Waals surface area contributed by atoms with Gasteiger partial charge in [-0.25, -0.2) is 18.2 Å². The van der Waals surface area contributed by atoms with Crippen molar-refractivity contribution in [3.05, 3.63) is 58.8 Å². The van der Waals surface area contributed by atoms with Gasteiger partial charge >= 0.3 is 0 Å². The molecule has 0 aliphatic heterocycles. The quantitative estimate of drug-likeness (QED) is 0.490. The third-order valence-electron chi connectivity index (χ3n) is 4.48. The molecule has 28 heavy (non-hydrogen) atoms. The molecule has 0 bridgehead atoms. The molecular formula is C19H14ClF3N4O. The molecule has 0 aliphatic carbocycles. The summed E-state index contributed by atoms with van der Waals surface area (Å²) in [6.45, 7) is 1.62. The van der Waals surface area contributed by atoms with Gasteiger partial charge in [0.2, 0.25) is 0 Å². The number of hydrogen-bond acceptors (Lipinski definition) is 3. The Morgan fingerprint density at radius 3 is 2.32 bits per heavy atom. The topological polar surface area (TPSA) is 44.9 Å². The smallest absolute Gasteiger partial charge is 0.150 e. The van der Waals surface area contributed by atoms with Crippen LogP contribution in [-0.4, -0.2) is 26.4 Å². The Morgan fingerprint density at radius 1 is 1.00 bits per heavy atom. The molecule has 0 aliphatic rings. The van der Waals surface area contributed by atoms with Gasteiger partial charge in [0.1, 0.15) is 35.0 Å². The lowest BCUT2D eigenvalue weighted by Crippen LogP contribution is -2.05. The first kappa shape index (κ1) is 18.4. The maximum absolute atomic E-state index is 14.8. The number of imidazole rings is 1. The van der Waals surface area contributed by atoms with Gasteiger partial charge in [-0.1, -0.05) is 11.6 Å². The molecule has 144 valence electrons. The summed E-state index contributed by atoms with van der Waals surface area (Å²) in [6.07, 6.45) is 1.36. The van der Waals surface area contributed by atoms with E-state index in [0.717, 1.165) is 18.2 Å². The van der Waals surface area contributed by atoms with Gasteiger partial charge in [0.15, 0.2) is 5.82 Å². The second-order valence-corrected chi connectivity index (χ2v) is 6.68. The van der Waals surface area contributed by atoms with Gasteiger partial charge in [-0.2, -0.15) is 5.10 Å². The van der Waals surface area contributed by atoms with Crippen molar-refractivity contribution < 1.29 is 17.9 Å². The Balaban J connectivity index is 2.06. The molecular weight excluding hydrogens is 393 g/mol. The molecule has 0 spiro atoms. The Hall–Kier alpha value is -3.00. The van der Waals surface area contributed by atoms with E-state index in [1.54, 1.807) is 14.0 Å². The van der Waals surface area contributed by atoms with Crippen LogP contribution in [0.4, 0.5) is 13.2 Å². The molecule has 0 radical (unpaired) electrons. The van der Waals surface area contributed by atoms with Gasteiger partial charge in [-0.15, -0.1) is 0 Å². The highest BCUT2D eigenvalue weighted by Crippen LogP contribution is 2.37. The minimum atomic E-state index is -0.817. The first-order valence-electron chi connectivity index (χ1n) is 8.21. The number of methoxy groups -OCH3 is 1. The van der Waals surface area contributed by atoms with Crippen molar-refractivity contribution in [2.45, 2.75) is 6.92 Å². The number of hydrogen-bond donors (Lipinski definition) is 0. The van der Waals surface area contributed by atoms with E-state index in [1.807, 2.05) is 0 Å². The van der Waals surface area contributed by atoms with Crippen LogP contribution in [0.2, 0.25) is 5.02 Å². The molecule has 4 rings (SSSR count). The summed E-state index contributed by atoms with van der Waals surface area (Å²) in [5, 5.41) is 4.48. The molecule has 0 amide bonds. The fraction of sp³-hybridized carbons (Fsp3) is 0.158. The maximum atomic E-state index is 14.8. The number of benzene rings is 2. The molecule has 0 N–H and O–H groups in total. The van der Waals surface area contributed by atoms with Gasteiger partial charge in [-0.05, 0) is 19.1 Å². The summed E-state index contributed by atoms with van der Waals surface area (Å²) >= 11 is 5.89. The molecule has 2 aromatic carbocycles. The molecule has 0 unspecified atom stereocenters. The zero-order valence-corrected chi connectivity index (χ0v) is 15.9. The molecule has 2 heterocycles. The van der Waals surface area contributed by atoms with Crippen LogP contribution in [0.3, 0.4) is 0 Å². The molecule has 4 aromatic rings. The molecule has 0 fully saturated rings. The minimum absolute atomic E-state index is 0.0515. The van der Waals surface area contributed by atoms with Crippen molar-refractivity contribution in [3.63, 3.8) is 0 Å². The lowest BCUT2D eigenvalue weighted by atomic mass is 10.0. The molecule has 0 saturated carbocycles. The Bertz CT molecular complexity index is 1210. The van der Waals surface area contributed by atoms with Crippen molar-refractivity contribution in [1.29, 1.82) is 0 Å². The fourth-order valence-electron chi connectivity index (χ4n) is 3.35. The van der Waals surface area contributed by atoms with Crippen molar-refractivity contribution in [1.82, 2.24) is 19.3 Å². The number of aryl methyl sites for hydroxylation is 2. The lowest BCUT2D eigenvalue weighted by molar-refractivity contribution is 0.407. The van der Waals surface area contributed by atoms with E-state index in [0.29, 0.717) is 11.2 Å². The Morgan fingerprint density at radius 2 is 1.68 bits per heavy atom. The van der Waals surface area contributed by atoms with Crippen molar-refractivity contribution in [3.8, 4) is 22.7 Å². The van der Waals surface area contributed by atoms with Crippen molar-refractivity contribution in [2.75, 3.05) is 7.11 Å². The van der Waals surface area contributed by atoms with Crippen LogP contribution >= 0.6 is 11.6 Å². The summed E-state index contributed by atoms with van der Waals surface area (Å²) < 4.78 is 51.9. The summed E-state index contributed by atoms with van der Waals surface area (Å²) in [7, 11) is 2.92. The maximum Gasteiger partial charge on any atom is 0.150 e. The van der Waals surface area contributed by atoms with Gasteiger partial charge in [-0.3, -0.25) is 9.25 Å². The number of rotatable bonds is 3. The standard InChI is InChI=1S/C19H14ClF3N4O/c1-9-16(17-12(21)6-11(28-3)7-13(17)22)19(26(2)25-9)27-8-24-15-5-10(20)4-14(23)18(15)27/h4-8H,1-3H3. The van der Waals surface area contributed by atoms with Crippen LogP contribution in [0, 0.1) is 24.4 Å². The molecule has 0 saturated heterocycles. The highest BCUT2D eigenvalue weighted by Gasteiger charge is 2.25. The van der Waals surface area contributed by atoms with E-state index >= 15 is 0 Å². The van der Waals surface area contributed by atoms with Crippen LogP contribution in [0.5, 0.6) is 5.75 Å². The SMILES string of the molecule is COc1cc(F)c(-c2c(C)nn(C)c2-n2cnc3cc(Cl)cc(F)c32)c(F)c1. The highest BCUT2D eigenvalue weighted by atomic mass is 35.5. The van der Waals surface area contributed by atoms with E-state index in [1.165, 1.54) is 28.8 Å². The van der Waals surface area contributed by atoms with Crippen molar-refractivity contribution in [2.24, 2.45) is 7.05 Å². The predicted octanol–water partition coefficient (Wildman–Crippen LogP) is 4.81. The molecule has 9 heteroatoms. The second kappa shape index (κ2) is 6.56. The van der Waals surface area contributed by atoms with E-state index in [2.05, 4.69) is 10.1 Å². The highest BCUT2D eigenvalue weighted by molar-refractivity contribution is 6.31. The summed E-state index contributed by atoms with van der Waals surface area (Å²) in [5.41, 5.74) is 0.719. The first-order valence-corrected chi connectivity index (χ1v) is 8.59. The monoisotopic (exact) mass is 406 g/mol. The van der Waals surface area contributed by atoms with Gasteiger partial charge in [0.25, 0.3) is 0 Å². The Kier molecular flexibility index (Phi) is 4.30. The zero-order valence-electron chi connectivity index (χ0n) is 15.1. The van der Waals surface area contributed by atoms with Crippen LogP contribution in [-0.2, 0) is 7.05 Å². The summed E-state index contributed by atoms with van der Waals surface area (Å²) in [5.74, 6) is -1.93. The van der Waals surface area contributed by atoms with E-state index < -0.39 is 17.5 Å². The predicted molar refractivity (Wildman–Crippen MR) is 99.4 cm³/mol. The van der Waals surface area contributed by atoms with Crippen LogP contribution in [0.25, 0.3) is 28.0 Å². The molecule has 2 aromatic heterocycles. The molecule has 5 nitrogen and oxygen atoms in total. The number of halogens is 4. The number of ether oxygens (including phenoxy) is 1. The van der Waals surface area contributed by atoms with E-state index in [4.69, 9.17) is 16.3 Å². The van der Waals surface area contributed by atoms with E-state index in [9.17, 15) is 13.2 Å². The zero-order chi connectivity index (χ0) is 20.2. The summed E-state index contributed by atoms with van der Waals surface area (Å²) in [4.78, 5) is 4.16. The third kappa shape index (κ3) is 2.72. The van der Waals surface area contributed by atoms with Gasteiger partial charge in [0.05, 0.1) is 29.4 Å². The number of fused-ring (bicyclic) bond motifs is 1. The van der Waals surface area contributed by atoms with Gasteiger partial charge in [0, 0.05) is 24.2 Å². The summed E-state index contributed by atoms with van der Waals surface area (Å²) in [6, 6.07) is 4.83. The fourth-order valence-corrected chi connectivity index (χ4v) is 3.55. The van der Waals surface area contributed by atoms with Crippen LogP contribution in [0.15, 0.2) is 30.6 Å². The third-order valence-corrected chi connectivity index (χ3v) is 4.70. The van der Waals surface area contributed by atoms with Crippen molar-refractivity contribution >= 4 is 22.6 Å². The average Bonchev–Trinajstić information content (AvgIpc) is 3.15. The largest absolute Gasteiger partial charge is 0.497 e. The van der Waals surface area contributed by atoms with Crippen LogP contribution in [0.1, 0.15) is 5.69 Å². The lowest BCUT2D eigenvalue weighted by Gasteiger charge is -2.12. The normalized spacial score (nSPS) is 11.4. The van der Waals surface area contributed by atoms with Crippen LogP contribution < -0.4 is 4.74 Å². The van der Waals surface area contributed by atoms with E-state index in [-0.39, 0.29) is 33.2 Å². The van der Waals surface area contributed by atoms with Gasteiger partial charge < -0.3 is 4.74 Å². The average molecular weight is 407 g/mol. The molecule has 0 atom stereocenters. The number of aromatic nitrogens is 4. The minimum Gasteiger partial charge on any atom is -0.497 e. The Labute approximate surface area is 162 Å². The first-order chi connectivity index (χ1) is 13.3. The second-order valence-electron chi connectivity index (χ2n) is 6.24.